The summed E-state index contributed by atoms with van der Waals surface area (Å²) in [5, 5.41) is 11.4. The molecule has 0 spiro atoms. The van der Waals surface area contributed by atoms with Crippen LogP contribution < -0.4 is 0 Å². The number of thioether (sulfide) groups is 1. The summed E-state index contributed by atoms with van der Waals surface area (Å²) < 4.78 is 0. The quantitative estimate of drug-likeness (QED) is 0.337. The number of nitrogens with zero attached hydrogens (tertiary/aromatic N) is 1. The minimum atomic E-state index is -0.462. The standard InChI is InChI=1S/C10H10Cl3NO2S/c1-6(4-11)5-17-10-3-8(13)7(12)2-9(10)14(15)16/h2-3,6H,4-5H2,1H3. The minimum absolute atomic E-state index is 0.0221. The molecule has 0 aliphatic carbocycles. The van der Waals surface area contributed by atoms with Gasteiger partial charge in [-0.15, -0.1) is 23.4 Å². The van der Waals surface area contributed by atoms with Crippen molar-refractivity contribution in [1.29, 1.82) is 0 Å². The van der Waals surface area contributed by atoms with Crippen LogP contribution in [0.5, 0.6) is 0 Å². The Hall–Kier alpha value is -0.160. The van der Waals surface area contributed by atoms with Crippen LogP contribution in [0.1, 0.15) is 6.92 Å². The third kappa shape index (κ3) is 4.21. The van der Waals surface area contributed by atoms with Crippen LogP contribution in [-0.2, 0) is 0 Å². The van der Waals surface area contributed by atoms with Crippen LogP contribution in [-0.4, -0.2) is 16.6 Å². The van der Waals surface area contributed by atoms with E-state index in [-0.39, 0.29) is 16.6 Å². The number of halogens is 3. The van der Waals surface area contributed by atoms with Gasteiger partial charge in [0.05, 0.1) is 19.9 Å². The third-order valence-corrected chi connectivity index (χ3v) is 4.61. The number of nitro benzene ring substituents is 1. The highest BCUT2D eigenvalue weighted by Crippen LogP contribution is 2.37. The second-order valence-electron chi connectivity index (χ2n) is 3.56. The van der Waals surface area contributed by atoms with E-state index in [0.29, 0.717) is 21.6 Å². The first-order chi connectivity index (χ1) is 7.95. The molecule has 0 amide bonds. The summed E-state index contributed by atoms with van der Waals surface area (Å²) in [6, 6.07) is 2.80. The summed E-state index contributed by atoms with van der Waals surface area (Å²) in [4.78, 5) is 10.9. The maximum atomic E-state index is 10.9. The number of alkyl halides is 1. The number of benzene rings is 1. The number of rotatable bonds is 5. The van der Waals surface area contributed by atoms with Crippen molar-refractivity contribution in [3.05, 3.63) is 32.3 Å². The van der Waals surface area contributed by atoms with Gasteiger partial charge in [-0.1, -0.05) is 30.1 Å². The van der Waals surface area contributed by atoms with E-state index in [4.69, 9.17) is 34.8 Å². The van der Waals surface area contributed by atoms with E-state index in [1.807, 2.05) is 6.92 Å². The number of hydrogen-bond acceptors (Lipinski definition) is 3. The smallest absolute Gasteiger partial charge is 0.258 e. The summed E-state index contributed by atoms with van der Waals surface area (Å²) in [6.07, 6.45) is 0. The lowest BCUT2D eigenvalue weighted by molar-refractivity contribution is -0.387. The summed E-state index contributed by atoms with van der Waals surface area (Å²) in [5.74, 6) is 1.49. The molecule has 17 heavy (non-hydrogen) atoms. The molecule has 0 saturated carbocycles. The summed E-state index contributed by atoms with van der Waals surface area (Å²) in [5.41, 5.74) is -0.0221. The predicted molar refractivity (Wildman–Crippen MR) is 73.7 cm³/mol. The minimum Gasteiger partial charge on any atom is -0.258 e. The number of hydrogen-bond donors (Lipinski definition) is 0. The van der Waals surface area contributed by atoms with Crippen molar-refractivity contribution in [1.82, 2.24) is 0 Å². The van der Waals surface area contributed by atoms with Gasteiger partial charge < -0.3 is 0 Å². The average molecular weight is 315 g/mol. The first-order valence-electron chi connectivity index (χ1n) is 4.78. The Morgan fingerprint density at radius 2 is 2.00 bits per heavy atom. The zero-order valence-corrected chi connectivity index (χ0v) is 12.0. The predicted octanol–water partition coefficient (Wildman–Crippen LogP) is 4.87. The molecule has 1 aromatic carbocycles. The fourth-order valence-corrected chi connectivity index (χ4v) is 2.74. The highest BCUT2D eigenvalue weighted by molar-refractivity contribution is 7.99. The molecule has 1 atom stereocenters. The molecule has 0 radical (unpaired) electrons. The third-order valence-electron chi connectivity index (χ3n) is 1.99. The molecular formula is C10H10Cl3NO2S. The molecule has 1 rings (SSSR count). The Labute approximate surface area is 119 Å². The Kier molecular flexibility index (Phi) is 5.86. The van der Waals surface area contributed by atoms with Crippen LogP contribution in [0.4, 0.5) is 5.69 Å². The molecule has 0 saturated heterocycles. The van der Waals surface area contributed by atoms with Crippen LogP contribution >= 0.6 is 46.6 Å². The van der Waals surface area contributed by atoms with Crippen LogP contribution in [0.3, 0.4) is 0 Å². The van der Waals surface area contributed by atoms with Gasteiger partial charge in [0.25, 0.3) is 5.69 Å². The van der Waals surface area contributed by atoms with Gasteiger partial charge in [0.1, 0.15) is 0 Å². The van der Waals surface area contributed by atoms with Crippen LogP contribution in [0.25, 0.3) is 0 Å². The van der Waals surface area contributed by atoms with Gasteiger partial charge in [-0.2, -0.15) is 0 Å². The second kappa shape index (κ2) is 6.69. The zero-order chi connectivity index (χ0) is 13.0. The van der Waals surface area contributed by atoms with Crippen molar-refractivity contribution in [3.8, 4) is 0 Å². The first kappa shape index (κ1) is 14.9. The van der Waals surface area contributed by atoms with Crippen molar-refractivity contribution < 1.29 is 4.92 Å². The zero-order valence-electron chi connectivity index (χ0n) is 8.95. The summed E-state index contributed by atoms with van der Waals surface area (Å²) in [6.45, 7) is 1.98. The first-order valence-corrected chi connectivity index (χ1v) is 7.05. The SMILES string of the molecule is CC(CCl)CSc1cc(Cl)c(Cl)cc1[N+](=O)[O-]. The van der Waals surface area contributed by atoms with Gasteiger partial charge in [0.2, 0.25) is 0 Å². The molecule has 0 aromatic heterocycles. The van der Waals surface area contributed by atoms with E-state index in [1.54, 1.807) is 0 Å². The molecule has 0 aliphatic heterocycles. The number of nitro groups is 1. The summed E-state index contributed by atoms with van der Waals surface area (Å²) >= 11 is 18.6. The van der Waals surface area contributed by atoms with E-state index >= 15 is 0 Å². The van der Waals surface area contributed by atoms with E-state index in [9.17, 15) is 10.1 Å². The van der Waals surface area contributed by atoms with Crippen molar-refractivity contribution in [2.24, 2.45) is 5.92 Å². The van der Waals surface area contributed by atoms with E-state index in [2.05, 4.69) is 0 Å². The Bertz CT molecular complexity index is 428. The fourth-order valence-electron chi connectivity index (χ4n) is 1.05. The van der Waals surface area contributed by atoms with Gasteiger partial charge in [0, 0.05) is 17.7 Å². The van der Waals surface area contributed by atoms with Gasteiger partial charge in [-0.25, -0.2) is 0 Å². The molecule has 0 aliphatic rings. The van der Waals surface area contributed by atoms with Crippen molar-refractivity contribution in [3.63, 3.8) is 0 Å². The molecule has 0 fully saturated rings. The summed E-state index contributed by atoms with van der Waals surface area (Å²) in [7, 11) is 0. The van der Waals surface area contributed by atoms with Crippen LogP contribution in [0.15, 0.2) is 17.0 Å². The maximum Gasteiger partial charge on any atom is 0.284 e. The Morgan fingerprint density at radius 3 is 2.53 bits per heavy atom. The lowest BCUT2D eigenvalue weighted by Gasteiger charge is -2.08. The normalized spacial score (nSPS) is 12.5. The largest absolute Gasteiger partial charge is 0.284 e. The van der Waals surface area contributed by atoms with Crippen LogP contribution in [0, 0.1) is 16.0 Å². The van der Waals surface area contributed by atoms with E-state index < -0.39 is 4.92 Å². The van der Waals surface area contributed by atoms with Crippen molar-refractivity contribution in [2.45, 2.75) is 11.8 Å². The molecular weight excluding hydrogens is 305 g/mol. The molecule has 7 heteroatoms. The van der Waals surface area contributed by atoms with Gasteiger partial charge in [-0.05, 0) is 12.0 Å². The molecule has 0 bridgehead atoms. The van der Waals surface area contributed by atoms with E-state index in [1.165, 1.54) is 23.9 Å². The van der Waals surface area contributed by atoms with Crippen molar-refractivity contribution >= 4 is 52.3 Å². The topological polar surface area (TPSA) is 43.1 Å². The van der Waals surface area contributed by atoms with Gasteiger partial charge in [0.15, 0.2) is 0 Å². The van der Waals surface area contributed by atoms with Crippen molar-refractivity contribution in [2.75, 3.05) is 11.6 Å². The monoisotopic (exact) mass is 313 g/mol. The highest BCUT2D eigenvalue weighted by Gasteiger charge is 2.18. The molecule has 3 nitrogen and oxygen atoms in total. The lowest BCUT2D eigenvalue weighted by atomic mass is 10.3. The Morgan fingerprint density at radius 1 is 1.41 bits per heavy atom. The second-order valence-corrected chi connectivity index (χ2v) is 5.75. The molecule has 1 unspecified atom stereocenters. The fraction of sp³-hybridized carbons (Fsp3) is 0.400. The lowest BCUT2D eigenvalue weighted by Crippen LogP contribution is -2.00. The van der Waals surface area contributed by atoms with Crippen LogP contribution in [0.2, 0.25) is 10.0 Å². The Balaban J connectivity index is 2.96. The van der Waals surface area contributed by atoms with E-state index in [0.717, 1.165) is 0 Å². The van der Waals surface area contributed by atoms with Gasteiger partial charge >= 0.3 is 0 Å². The molecule has 1 aromatic rings. The highest BCUT2D eigenvalue weighted by atomic mass is 35.5. The molecule has 0 heterocycles. The van der Waals surface area contributed by atoms with Gasteiger partial charge in [-0.3, -0.25) is 10.1 Å². The average Bonchev–Trinajstić information content (AvgIpc) is 2.29. The maximum absolute atomic E-state index is 10.9. The molecule has 94 valence electrons. The molecule has 0 N–H and O–H groups in total.